The summed E-state index contributed by atoms with van der Waals surface area (Å²) < 4.78 is 2.04. The van der Waals surface area contributed by atoms with Crippen molar-refractivity contribution in [3.63, 3.8) is 0 Å². The first-order valence-corrected chi connectivity index (χ1v) is 11.9. The minimum absolute atomic E-state index is 0.0382. The summed E-state index contributed by atoms with van der Waals surface area (Å²) in [6, 6.07) is 8.34. The molecule has 0 radical (unpaired) electrons. The number of pyridine rings is 1. The lowest BCUT2D eigenvalue weighted by atomic mass is 9.95. The minimum Gasteiger partial charge on any atom is -0.322 e. The molecule has 2 aromatic heterocycles. The number of aromatic amines is 1. The van der Waals surface area contributed by atoms with Crippen LogP contribution in [0.3, 0.4) is 0 Å². The smallest absolute Gasteiger partial charge is 0.253 e. The highest BCUT2D eigenvalue weighted by Crippen LogP contribution is 2.34. The van der Waals surface area contributed by atoms with Gasteiger partial charge in [0.15, 0.2) is 5.82 Å². The zero-order chi connectivity index (χ0) is 21.2. The number of rotatable bonds is 4. The number of likely N-dealkylation sites (tertiary alicyclic amines) is 1. The third kappa shape index (κ3) is 4.15. The van der Waals surface area contributed by atoms with E-state index in [1.165, 1.54) is 37.7 Å². The van der Waals surface area contributed by atoms with Gasteiger partial charge in [-0.1, -0.05) is 43.7 Å². The van der Waals surface area contributed by atoms with Crippen LogP contribution in [0.5, 0.6) is 0 Å². The first-order valence-electron chi connectivity index (χ1n) is 11.9. The Balaban J connectivity index is 1.64. The molecule has 0 amide bonds. The summed E-state index contributed by atoms with van der Waals surface area (Å²) in [7, 11) is 0. The van der Waals surface area contributed by atoms with Gasteiger partial charge in [-0.25, -0.2) is 4.68 Å². The van der Waals surface area contributed by atoms with Gasteiger partial charge in [0.1, 0.15) is 6.04 Å². The van der Waals surface area contributed by atoms with Crippen LogP contribution in [0, 0.1) is 6.92 Å². The predicted molar refractivity (Wildman–Crippen MR) is 121 cm³/mol. The van der Waals surface area contributed by atoms with E-state index in [9.17, 15) is 4.79 Å². The molecule has 2 aliphatic rings. The molecule has 1 N–H and O–H groups in total. The molecule has 1 aromatic carbocycles. The fourth-order valence-electron chi connectivity index (χ4n) is 5.36. The number of nitrogens with one attached hydrogen (secondary N) is 1. The summed E-state index contributed by atoms with van der Waals surface area (Å²) in [5.74, 6) is 0.825. The van der Waals surface area contributed by atoms with E-state index in [0.29, 0.717) is 6.04 Å². The average molecular weight is 421 g/mol. The lowest BCUT2D eigenvalue weighted by Gasteiger charge is -2.31. The largest absolute Gasteiger partial charge is 0.322 e. The number of aromatic nitrogens is 5. The van der Waals surface area contributed by atoms with Crippen molar-refractivity contribution in [2.24, 2.45) is 0 Å². The first-order chi connectivity index (χ1) is 15.2. The zero-order valence-corrected chi connectivity index (χ0v) is 18.4. The fourth-order valence-corrected chi connectivity index (χ4v) is 5.36. The number of H-pyrrole nitrogens is 1. The van der Waals surface area contributed by atoms with E-state index in [0.717, 1.165) is 61.1 Å². The number of aryl methyl sites for hydroxylation is 1. The molecule has 1 atom stereocenters. The highest BCUT2D eigenvalue weighted by atomic mass is 16.1. The fraction of sp³-hybridized carbons (Fsp3) is 0.583. The van der Waals surface area contributed by atoms with Crippen molar-refractivity contribution in [1.82, 2.24) is 30.1 Å². The molecule has 7 nitrogen and oxygen atoms in total. The van der Waals surface area contributed by atoms with E-state index in [1.807, 2.05) is 16.8 Å². The molecule has 0 bridgehead atoms. The van der Waals surface area contributed by atoms with Gasteiger partial charge in [-0.3, -0.25) is 9.69 Å². The second kappa shape index (κ2) is 8.91. The number of nitrogens with zero attached hydrogens (tertiary/aromatic N) is 5. The molecule has 31 heavy (non-hydrogen) atoms. The molecule has 164 valence electrons. The van der Waals surface area contributed by atoms with Gasteiger partial charge in [-0.05, 0) is 79.7 Å². The van der Waals surface area contributed by atoms with Gasteiger partial charge >= 0.3 is 0 Å². The molecule has 2 fully saturated rings. The van der Waals surface area contributed by atoms with Gasteiger partial charge in [0.2, 0.25) is 0 Å². The molecule has 3 aromatic rings. The Labute approximate surface area is 182 Å². The summed E-state index contributed by atoms with van der Waals surface area (Å²) in [5.41, 5.74) is 2.78. The van der Waals surface area contributed by atoms with E-state index in [4.69, 9.17) is 0 Å². The Bertz CT molecular complexity index is 1090. The van der Waals surface area contributed by atoms with Crippen LogP contribution in [-0.4, -0.2) is 43.2 Å². The van der Waals surface area contributed by atoms with Gasteiger partial charge in [0, 0.05) is 11.1 Å². The average Bonchev–Trinajstić information content (AvgIpc) is 3.10. The van der Waals surface area contributed by atoms with Gasteiger partial charge in [-0.15, -0.1) is 5.10 Å². The molecule has 1 saturated carbocycles. The second-order valence-corrected chi connectivity index (χ2v) is 9.27. The maximum absolute atomic E-state index is 13.3. The zero-order valence-electron chi connectivity index (χ0n) is 18.4. The summed E-state index contributed by atoms with van der Waals surface area (Å²) in [5, 5.41) is 14.1. The summed E-state index contributed by atoms with van der Waals surface area (Å²) in [4.78, 5) is 18.9. The molecule has 1 unspecified atom stereocenters. The topological polar surface area (TPSA) is 79.7 Å². The van der Waals surface area contributed by atoms with Crippen molar-refractivity contribution in [3.05, 3.63) is 51.6 Å². The Morgan fingerprint density at radius 3 is 2.52 bits per heavy atom. The quantitative estimate of drug-likeness (QED) is 0.681. The number of fused-ring (bicyclic) bond motifs is 1. The lowest BCUT2D eigenvalue weighted by molar-refractivity contribution is 0.210. The molecular weight excluding hydrogens is 388 g/mol. The number of benzene rings is 1. The molecule has 0 spiro atoms. The number of hydrogen-bond acceptors (Lipinski definition) is 5. The Kier molecular flexibility index (Phi) is 5.85. The maximum atomic E-state index is 13.3. The molecule has 7 heteroatoms. The van der Waals surface area contributed by atoms with Crippen molar-refractivity contribution >= 4 is 10.9 Å². The normalized spacial score (nSPS) is 20.0. The third-order valence-corrected chi connectivity index (χ3v) is 7.01. The Morgan fingerprint density at radius 2 is 1.74 bits per heavy atom. The molecule has 1 aliphatic heterocycles. The van der Waals surface area contributed by atoms with Crippen LogP contribution < -0.4 is 5.56 Å². The number of hydrogen-bond donors (Lipinski definition) is 1. The second-order valence-electron chi connectivity index (χ2n) is 9.27. The van der Waals surface area contributed by atoms with Crippen LogP contribution in [-0.2, 0) is 0 Å². The van der Waals surface area contributed by atoms with E-state index in [2.05, 4.69) is 44.5 Å². The summed E-state index contributed by atoms with van der Waals surface area (Å²) >= 11 is 0. The summed E-state index contributed by atoms with van der Waals surface area (Å²) in [6.45, 7) is 4.01. The van der Waals surface area contributed by atoms with Crippen LogP contribution in [0.15, 0.2) is 29.1 Å². The van der Waals surface area contributed by atoms with Crippen molar-refractivity contribution in [1.29, 1.82) is 0 Å². The van der Waals surface area contributed by atoms with Crippen molar-refractivity contribution in [3.8, 4) is 0 Å². The van der Waals surface area contributed by atoms with Crippen molar-refractivity contribution < 1.29 is 0 Å². The Morgan fingerprint density at radius 1 is 1.00 bits per heavy atom. The first kappa shape index (κ1) is 20.4. The van der Waals surface area contributed by atoms with Crippen molar-refractivity contribution in [2.45, 2.75) is 76.8 Å². The maximum Gasteiger partial charge on any atom is 0.253 e. The standard InChI is InChI=1S/C24H32N6O/c1-17-11-12-21-18(15-17)16-20(24(31)25-21)22(29-13-7-2-3-8-14-29)23-26-27-28-30(23)19-9-5-4-6-10-19/h11-12,15-16,19,22H,2-10,13-14H2,1H3,(H,25,31). The molecular formula is C24H32N6O. The van der Waals surface area contributed by atoms with E-state index in [-0.39, 0.29) is 11.6 Å². The predicted octanol–water partition coefficient (Wildman–Crippen LogP) is 4.29. The van der Waals surface area contributed by atoms with Gasteiger partial charge < -0.3 is 4.98 Å². The minimum atomic E-state index is -0.219. The summed E-state index contributed by atoms with van der Waals surface area (Å²) in [6.07, 6.45) is 10.7. The highest BCUT2D eigenvalue weighted by molar-refractivity contribution is 5.79. The van der Waals surface area contributed by atoms with E-state index >= 15 is 0 Å². The SMILES string of the molecule is Cc1ccc2[nH]c(=O)c(C(c3nnnn3C3CCCCC3)N3CCCCCC3)cc2c1. The molecule has 5 rings (SSSR count). The van der Waals surface area contributed by atoms with E-state index in [1.54, 1.807) is 0 Å². The molecule has 3 heterocycles. The van der Waals surface area contributed by atoms with Crippen LogP contribution in [0.2, 0.25) is 0 Å². The van der Waals surface area contributed by atoms with Crippen LogP contribution in [0.1, 0.15) is 86.8 Å². The van der Waals surface area contributed by atoms with Gasteiger partial charge in [-0.2, -0.15) is 0 Å². The Hall–Kier alpha value is -2.54. The van der Waals surface area contributed by atoms with Crippen LogP contribution >= 0.6 is 0 Å². The monoisotopic (exact) mass is 420 g/mol. The third-order valence-electron chi connectivity index (χ3n) is 7.01. The highest BCUT2D eigenvalue weighted by Gasteiger charge is 2.33. The molecule has 1 aliphatic carbocycles. The van der Waals surface area contributed by atoms with Crippen LogP contribution in [0.4, 0.5) is 0 Å². The number of tetrazole rings is 1. The lowest BCUT2D eigenvalue weighted by Crippen LogP contribution is -2.36. The van der Waals surface area contributed by atoms with Crippen molar-refractivity contribution in [2.75, 3.05) is 13.1 Å². The van der Waals surface area contributed by atoms with E-state index < -0.39 is 0 Å². The van der Waals surface area contributed by atoms with Gasteiger partial charge in [0.05, 0.1) is 6.04 Å². The van der Waals surface area contributed by atoms with Crippen LogP contribution in [0.25, 0.3) is 10.9 Å². The van der Waals surface area contributed by atoms with Gasteiger partial charge in [0.25, 0.3) is 5.56 Å². The molecule has 1 saturated heterocycles.